The van der Waals surface area contributed by atoms with E-state index in [0.29, 0.717) is 43.1 Å². The molecule has 0 aromatic heterocycles. The Morgan fingerprint density at radius 1 is 0.947 bits per heavy atom. The molecular formula is C27H29F3N4O4. The zero-order valence-corrected chi connectivity index (χ0v) is 20.7. The van der Waals surface area contributed by atoms with Crippen LogP contribution in [0.25, 0.3) is 0 Å². The Balaban J connectivity index is 1.15. The van der Waals surface area contributed by atoms with Gasteiger partial charge in [0, 0.05) is 51.1 Å². The van der Waals surface area contributed by atoms with Gasteiger partial charge >= 0.3 is 0 Å². The number of nitrogens with two attached hydrogens (primary N) is 1. The smallest absolute Gasteiger partial charge is 0.261 e. The summed E-state index contributed by atoms with van der Waals surface area (Å²) >= 11 is 0. The van der Waals surface area contributed by atoms with Gasteiger partial charge in [-0.3, -0.25) is 24.1 Å². The molecule has 11 heteroatoms. The lowest BCUT2D eigenvalue weighted by molar-refractivity contribution is -0.132. The lowest BCUT2D eigenvalue weighted by Crippen LogP contribution is -2.45. The van der Waals surface area contributed by atoms with Crippen LogP contribution < -0.4 is 11.1 Å². The maximum absolute atomic E-state index is 13.9. The predicted octanol–water partition coefficient (Wildman–Crippen LogP) is 2.40. The Bertz CT molecular complexity index is 1210. The monoisotopic (exact) mass is 530 g/mol. The van der Waals surface area contributed by atoms with Crippen LogP contribution in [-0.2, 0) is 16.0 Å². The number of nitrogens with zero attached hydrogens (tertiary/aromatic N) is 2. The third kappa shape index (κ3) is 6.04. The van der Waals surface area contributed by atoms with Crippen molar-refractivity contribution in [3.8, 4) is 0 Å². The van der Waals surface area contributed by atoms with Crippen LogP contribution in [0.15, 0.2) is 36.4 Å². The van der Waals surface area contributed by atoms with Crippen LogP contribution >= 0.6 is 0 Å². The molecule has 0 aliphatic carbocycles. The third-order valence-corrected chi connectivity index (χ3v) is 7.14. The van der Waals surface area contributed by atoms with Gasteiger partial charge in [0.1, 0.15) is 5.82 Å². The van der Waals surface area contributed by atoms with Crippen molar-refractivity contribution >= 4 is 23.6 Å². The van der Waals surface area contributed by atoms with Crippen LogP contribution in [0.1, 0.15) is 52.0 Å². The number of carbonyl (C=O) groups excluding carboxylic acids is 4. The van der Waals surface area contributed by atoms with Crippen LogP contribution in [-0.4, -0.2) is 65.6 Å². The molecule has 1 saturated heterocycles. The minimum Gasteiger partial charge on any atom is -0.356 e. The molecule has 4 amide bonds. The van der Waals surface area contributed by atoms with Crippen molar-refractivity contribution in [1.82, 2.24) is 15.1 Å². The van der Waals surface area contributed by atoms with Crippen LogP contribution in [0.4, 0.5) is 13.2 Å². The average Bonchev–Trinajstić information content (AvgIpc) is 3.15. The Hall–Kier alpha value is -3.73. The van der Waals surface area contributed by atoms with E-state index in [0.717, 1.165) is 11.0 Å². The zero-order chi connectivity index (χ0) is 27.4. The fraction of sp³-hybridized carbons (Fsp3) is 0.407. The number of imide groups is 1. The first-order chi connectivity index (χ1) is 18.2. The molecular weight excluding hydrogens is 501 g/mol. The molecule has 1 unspecified atom stereocenters. The lowest BCUT2D eigenvalue weighted by Gasteiger charge is -2.35. The summed E-state index contributed by atoms with van der Waals surface area (Å²) < 4.78 is 40.5. The summed E-state index contributed by atoms with van der Waals surface area (Å²) in [6.45, 7) is 0.972. The van der Waals surface area contributed by atoms with Gasteiger partial charge in [-0.15, -0.1) is 0 Å². The van der Waals surface area contributed by atoms with E-state index in [-0.39, 0.29) is 55.6 Å². The molecule has 38 heavy (non-hydrogen) atoms. The van der Waals surface area contributed by atoms with E-state index in [9.17, 15) is 32.3 Å². The highest BCUT2D eigenvalue weighted by atomic mass is 19.2. The molecule has 2 aromatic carbocycles. The SMILES string of the molecule is NC(Cc1cc(F)c(F)cc1F)C1CCN(C(=O)CCNC(=O)CCN2C(=O)c3ccccc3C2=O)CC1. The molecule has 3 N–H and O–H groups in total. The first-order valence-corrected chi connectivity index (χ1v) is 12.5. The second-order valence-electron chi connectivity index (χ2n) is 9.60. The number of piperidine rings is 1. The maximum atomic E-state index is 13.9. The molecule has 2 heterocycles. The molecule has 1 fully saturated rings. The molecule has 2 aromatic rings. The van der Waals surface area contributed by atoms with Gasteiger partial charge in [-0.25, -0.2) is 13.2 Å². The van der Waals surface area contributed by atoms with Crippen molar-refractivity contribution in [2.45, 2.75) is 38.1 Å². The number of halogens is 3. The normalized spacial score (nSPS) is 16.5. The Labute approximate surface area is 218 Å². The molecule has 202 valence electrons. The van der Waals surface area contributed by atoms with Gasteiger partial charge < -0.3 is 16.0 Å². The summed E-state index contributed by atoms with van der Waals surface area (Å²) in [5.74, 6) is -4.56. The van der Waals surface area contributed by atoms with E-state index in [2.05, 4.69) is 5.32 Å². The number of carbonyl (C=O) groups is 4. The van der Waals surface area contributed by atoms with Gasteiger partial charge in [-0.1, -0.05) is 12.1 Å². The zero-order valence-electron chi connectivity index (χ0n) is 20.7. The summed E-state index contributed by atoms with van der Waals surface area (Å²) in [7, 11) is 0. The summed E-state index contributed by atoms with van der Waals surface area (Å²) in [5.41, 5.74) is 6.88. The van der Waals surface area contributed by atoms with Crippen LogP contribution in [0.3, 0.4) is 0 Å². The van der Waals surface area contributed by atoms with Crippen molar-refractivity contribution in [3.63, 3.8) is 0 Å². The van der Waals surface area contributed by atoms with Gasteiger partial charge in [-0.05, 0) is 48.9 Å². The molecule has 8 nitrogen and oxygen atoms in total. The quantitative estimate of drug-likeness (QED) is 0.382. The minimum absolute atomic E-state index is 0.00610. The minimum atomic E-state index is -1.24. The lowest BCUT2D eigenvalue weighted by atomic mass is 9.86. The number of amides is 4. The summed E-state index contributed by atoms with van der Waals surface area (Å²) in [4.78, 5) is 52.2. The Kier molecular flexibility index (Phi) is 8.45. The van der Waals surface area contributed by atoms with Crippen LogP contribution in [0.2, 0.25) is 0 Å². The van der Waals surface area contributed by atoms with Gasteiger partial charge in [-0.2, -0.15) is 0 Å². The van der Waals surface area contributed by atoms with E-state index in [1.54, 1.807) is 29.2 Å². The largest absolute Gasteiger partial charge is 0.356 e. The number of hydrogen-bond acceptors (Lipinski definition) is 5. The van der Waals surface area contributed by atoms with Gasteiger partial charge in [0.15, 0.2) is 11.6 Å². The van der Waals surface area contributed by atoms with Gasteiger partial charge in [0.05, 0.1) is 11.1 Å². The average molecular weight is 531 g/mol. The molecule has 4 rings (SSSR count). The topological polar surface area (TPSA) is 113 Å². The highest BCUT2D eigenvalue weighted by Gasteiger charge is 2.35. The molecule has 0 saturated carbocycles. The molecule has 0 radical (unpaired) electrons. The number of likely N-dealkylation sites (tertiary alicyclic amines) is 1. The number of rotatable bonds is 9. The van der Waals surface area contributed by atoms with Crippen molar-refractivity contribution in [3.05, 3.63) is 70.5 Å². The van der Waals surface area contributed by atoms with E-state index < -0.39 is 35.3 Å². The van der Waals surface area contributed by atoms with Crippen molar-refractivity contribution in [1.29, 1.82) is 0 Å². The molecule has 1 atom stereocenters. The summed E-state index contributed by atoms with van der Waals surface area (Å²) in [5, 5.41) is 2.65. The molecule has 2 aliphatic heterocycles. The number of nitrogens with one attached hydrogen (secondary N) is 1. The number of fused-ring (bicyclic) bond motifs is 1. The Morgan fingerprint density at radius 2 is 1.55 bits per heavy atom. The van der Waals surface area contributed by atoms with E-state index in [4.69, 9.17) is 5.73 Å². The highest BCUT2D eigenvalue weighted by molar-refractivity contribution is 6.21. The van der Waals surface area contributed by atoms with Crippen LogP contribution in [0, 0.1) is 23.4 Å². The Morgan fingerprint density at radius 3 is 2.18 bits per heavy atom. The molecule has 2 aliphatic rings. The van der Waals surface area contributed by atoms with E-state index in [1.165, 1.54) is 0 Å². The standard InChI is InChI=1S/C27H29F3N4O4/c28-20-15-22(30)21(29)13-17(20)14-23(31)16-6-10-33(11-7-16)25(36)5-9-32-24(35)8-12-34-26(37)18-3-1-2-4-19(18)27(34)38/h1-4,13,15-16,23H,5-12,14,31H2,(H,32,35). The predicted molar refractivity (Wildman–Crippen MR) is 131 cm³/mol. The first kappa shape index (κ1) is 27.3. The van der Waals surface area contributed by atoms with Crippen molar-refractivity contribution in [2.75, 3.05) is 26.2 Å². The van der Waals surface area contributed by atoms with Crippen LogP contribution in [0.5, 0.6) is 0 Å². The third-order valence-electron chi connectivity index (χ3n) is 7.14. The van der Waals surface area contributed by atoms with Crippen molar-refractivity contribution in [2.24, 2.45) is 11.7 Å². The number of benzene rings is 2. The summed E-state index contributed by atoms with van der Waals surface area (Å²) in [6.07, 6.45) is 1.26. The second-order valence-corrected chi connectivity index (χ2v) is 9.60. The number of hydrogen-bond donors (Lipinski definition) is 2. The first-order valence-electron chi connectivity index (χ1n) is 12.5. The van der Waals surface area contributed by atoms with Crippen molar-refractivity contribution < 1.29 is 32.3 Å². The van der Waals surface area contributed by atoms with E-state index >= 15 is 0 Å². The maximum Gasteiger partial charge on any atom is 0.261 e. The fourth-order valence-electron chi connectivity index (χ4n) is 4.93. The molecule has 0 spiro atoms. The van der Waals surface area contributed by atoms with E-state index in [1.807, 2.05) is 0 Å². The molecule has 0 bridgehead atoms. The van der Waals surface area contributed by atoms with Gasteiger partial charge in [0.25, 0.3) is 11.8 Å². The fourth-order valence-corrected chi connectivity index (χ4v) is 4.93. The second kappa shape index (κ2) is 11.8. The highest BCUT2D eigenvalue weighted by Crippen LogP contribution is 2.25. The van der Waals surface area contributed by atoms with Gasteiger partial charge in [0.2, 0.25) is 11.8 Å². The summed E-state index contributed by atoms with van der Waals surface area (Å²) in [6, 6.07) is 7.37.